The van der Waals surface area contributed by atoms with Gasteiger partial charge < -0.3 is 9.80 Å². The van der Waals surface area contributed by atoms with Crippen LogP contribution in [0.25, 0.3) is 10.2 Å². The molecule has 1 aromatic carbocycles. The van der Waals surface area contributed by atoms with Crippen LogP contribution >= 0.6 is 22.7 Å². The average Bonchev–Trinajstić information content (AvgIpc) is 3.18. The molecule has 0 spiro atoms. The van der Waals surface area contributed by atoms with E-state index < -0.39 is 0 Å². The Labute approximate surface area is 154 Å². The Balaban J connectivity index is 1.39. The van der Waals surface area contributed by atoms with E-state index >= 15 is 0 Å². The third kappa shape index (κ3) is 3.39. The van der Waals surface area contributed by atoms with Crippen molar-refractivity contribution in [2.24, 2.45) is 0 Å². The fourth-order valence-electron chi connectivity index (χ4n) is 3.13. The smallest absolute Gasteiger partial charge is 0.228 e. The first-order valence-electron chi connectivity index (χ1n) is 8.41. The molecule has 2 aromatic heterocycles. The first-order valence-corrected chi connectivity index (χ1v) is 10.0. The van der Waals surface area contributed by atoms with E-state index in [1.165, 1.54) is 4.70 Å². The molecule has 0 radical (unpaired) electrons. The van der Waals surface area contributed by atoms with Crippen LogP contribution in [0.5, 0.6) is 0 Å². The number of aryl methyl sites for hydroxylation is 2. The zero-order chi connectivity index (χ0) is 17.4. The van der Waals surface area contributed by atoms with Crippen molar-refractivity contribution in [3.8, 4) is 0 Å². The van der Waals surface area contributed by atoms with Crippen LogP contribution in [0, 0.1) is 13.8 Å². The molecular weight excluding hydrogens is 352 g/mol. The molecule has 5 nitrogen and oxygen atoms in total. The largest absolute Gasteiger partial charge is 0.345 e. The summed E-state index contributed by atoms with van der Waals surface area (Å²) in [4.78, 5) is 27.1. The van der Waals surface area contributed by atoms with E-state index in [1.807, 2.05) is 30.9 Å². The highest BCUT2D eigenvalue weighted by Crippen LogP contribution is 2.29. The van der Waals surface area contributed by atoms with Crippen molar-refractivity contribution in [3.05, 3.63) is 39.8 Å². The molecule has 0 atom stereocenters. The number of rotatable bonds is 3. The van der Waals surface area contributed by atoms with Gasteiger partial charge in [-0.15, -0.1) is 11.3 Å². The monoisotopic (exact) mass is 372 g/mol. The highest BCUT2D eigenvalue weighted by atomic mass is 32.1. The summed E-state index contributed by atoms with van der Waals surface area (Å²) in [5.74, 6) is 0.204. The lowest BCUT2D eigenvalue weighted by Gasteiger charge is -2.34. The Bertz CT molecular complexity index is 876. The molecular formula is C18H20N4OS2. The fourth-order valence-corrected chi connectivity index (χ4v) is 5.07. The van der Waals surface area contributed by atoms with Crippen molar-refractivity contribution < 1.29 is 4.79 Å². The van der Waals surface area contributed by atoms with Crippen LogP contribution < -0.4 is 4.90 Å². The van der Waals surface area contributed by atoms with Crippen LogP contribution in [0.15, 0.2) is 24.3 Å². The maximum Gasteiger partial charge on any atom is 0.228 e. The molecule has 0 unspecified atom stereocenters. The van der Waals surface area contributed by atoms with Crippen molar-refractivity contribution in [2.75, 3.05) is 31.1 Å². The second kappa shape index (κ2) is 6.72. The highest BCUT2D eigenvalue weighted by Gasteiger charge is 2.24. The summed E-state index contributed by atoms with van der Waals surface area (Å²) >= 11 is 3.35. The van der Waals surface area contributed by atoms with Crippen molar-refractivity contribution in [1.29, 1.82) is 0 Å². The van der Waals surface area contributed by atoms with Crippen molar-refractivity contribution in [2.45, 2.75) is 20.3 Å². The molecule has 1 aliphatic rings. The summed E-state index contributed by atoms with van der Waals surface area (Å²) < 4.78 is 1.21. The summed E-state index contributed by atoms with van der Waals surface area (Å²) in [6.07, 6.45) is 0.471. The third-order valence-corrected chi connectivity index (χ3v) is 6.67. The van der Waals surface area contributed by atoms with Gasteiger partial charge in [0.05, 0.1) is 27.3 Å². The summed E-state index contributed by atoms with van der Waals surface area (Å²) in [6, 6.07) is 8.22. The summed E-state index contributed by atoms with van der Waals surface area (Å²) in [5.41, 5.74) is 2.04. The summed E-state index contributed by atoms with van der Waals surface area (Å²) in [5, 5.41) is 2.09. The van der Waals surface area contributed by atoms with E-state index in [2.05, 4.69) is 22.0 Å². The maximum absolute atomic E-state index is 12.6. The van der Waals surface area contributed by atoms with Crippen molar-refractivity contribution in [1.82, 2.24) is 14.9 Å². The molecule has 4 rings (SSSR count). The minimum atomic E-state index is 0.204. The van der Waals surface area contributed by atoms with Crippen LogP contribution in [0.4, 0.5) is 5.13 Å². The molecule has 1 aliphatic heterocycles. The second-order valence-electron chi connectivity index (χ2n) is 6.25. The van der Waals surface area contributed by atoms with Gasteiger partial charge in [-0.25, -0.2) is 9.97 Å². The second-order valence-corrected chi connectivity index (χ2v) is 8.55. The predicted molar refractivity (Wildman–Crippen MR) is 104 cm³/mol. The van der Waals surface area contributed by atoms with E-state index in [0.717, 1.165) is 52.4 Å². The number of amides is 1. The molecule has 0 saturated carbocycles. The Morgan fingerprint density at radius 3 is 2.52 bits per heavy atom. The van der Waals surface area contributed by atoms with Crippen LogP contribution in [0.3, 0.4) is 0 Å². The Hall–Kier alpha value is -1.99. The van der Waals surface area contributed by atoms with Crippen LogP contribution in [0.2, 0.25) is 0 Å². The highest BCUT2D eigenvalue weighted by molar-refractivity contribution is 7.22. The van der Waals surface area contributed by atoms with E-state index in [1.54, 1.807) is 22.7 Å². The Kier molecular flexibility index (Phi) is 4.43. The fraction of sp³-hybridized carbons (Fsp3) is 0.389. The van der Waals surface area contributed by atoms with Gasteiger partial charge in [-0.1, -0.05) is 23.5 Å². The number of benzene rings is 1. The van der Waals surface area contributed by atoms with E-state index in [4.69, 9.17) is 4.98 Å². The lowest BCUT2D eigenvalue weighted by molar-refractivity contribution is -0.130. The molecule has 130 valence electrons. The zero-order valence-electron chi connectivity index (χ0n) is 14.4. The predicted octanol–water partition coefficient (Wildman–Crippen LogP) is 3.26. The van der Waals surface area contributed by atoms with Gasteiger partial charge in [0.25, 0.3) is 0 Å². The van der Waals surface area contributed by atoms with E-state index in [9.17, 15) is 4.79 Å². The van der Waals surface area contributed by atoms with Crippen LogP contribution in [-0.4, -0.2) is 47.0 Å². The van der Waals surface area contributed by atoms with E-state index in [-0.39, 0.29) is 5.91 Å². The number of nitrogens with zero attached hydrogens (tertiary/aromatic N) is 4. The van der Waals surface area contributed by atoms with Gasteiger partial charge in [-0.2, -0.15) is 0 Å². The number of para-hydroxylation sites is 1. The quantitative estimate of drug-likeness (QED) is 0.708. The lowest BCUT2D eigenvalue weighted by atomic mass is 10.2. The minimum absolute atomic E-state index is 0.204. The number of anilines is 1. The van der Waals surface area contributed by atoms with Crippen LogP contribution in [0.1, 0.15) is 15.6 Å². The van der Waals surface area contributed by atoms with Gasteiger partial charge in [-0.05, 0) is 26.0 Å². The van der Waals surface area contributed by atoms with Crippen LogP contribution in [-0.2, 0) is 11.2 Å². The molecule has 1 saturated heterocycles. The van der Waals surface area contributed by atoms with Gasteiger partial charge in [-0.3, -0.25) is 4.79 Å². The summed E-state index contributed by atoms with van der Waals surface area (Å²) in [6.45, 7) is 7.16. The number of carbonyl (C=O) groups excluding carboxylic acids is 1. The molecule has 25 heavy (non-hydrogen) atoms. The Morgan fingerprint density at radius 1 is 1.08 bits per heavy atom. The number of carbonyl (C=O) groups is 1. The summed E-state index contributed by atoms with van der Waals surface area (Å²) in [7, 11) is 0. The molecule has 1 amide bonds. The number of hydrogen-bond acceptors (Lipinski definition) is 6. The Morgan fingerprint density at radius 2 is 1.84 bits per heavy atom. The molecule has 3 aromatic rings. The maximum atomic E-state index is 12.6. The van der Waals surface area contributed by atoms with Gasteiger partial charge in [0.1, 0.15) is 0 Å². The third-order valence-electron chi connectivity index (χ3n) is 4.50. The molecule has 0 N–H and O–H groups in total. The number of aromatic nitrogens is 2. The minimum Gasteiger partial charge on any atom is -0.345 e. The molecule has 1 fully saturated rings. The average molecular weight is 373 g/mol. The van der Waals surface area contributed by atoms with E-state index in [0.29, 0.717) is 6.42 Å². The lowest BCUT2D eigenvalue weighted by Crippen LogP contribution is -2.49. The molecule has 0 aliphatic carbocycles. The molecule has 7 heteroatoms. The number of hydrogen-bond donors (Lipinski definition) is 0. The first kappa shape index (κ1) is 16.5. The SMILES string of the molecule is Cc1nc(C)c(CC(=O)N2CCN(c3nc4ccccc4s3)CC2)s1. The van der Waals surface area contributed by atoms with Gasteiger partial charge >= 0.3 is 0 Å². The van der Waals surface area contributed by atoms with Gasteiger partial charge in [0, 0.05) is 31.1 Å². The topological polar surface area (TPSA) is 49.3 Å². The van der Waals surface area contributed by atoms with Gasteiger partial charge in [0.15, 0.2) is 5.13 Å². The first-order chi connectivity index (χ1) is 12.1. The van der Waals surface area contributed by atoms with Crippen molar-refractivity contribution >= 4 is 43.9 Å². The zero-order valence-corrected chi connectivity index (χ0v) is 16.0. The molecule has 3 heterocycles. The molecule has 0 bridgehead atoms. The standard InChI is InChI=1S/C18H20N4OS2/c1-12-16(24-13(2)19-12)11-17(23)21-7-9-22(10-8-21)18-20-14-5-3-4-6-15(14)25-18/h3-6H,7-11H2,1-2H3. The van der Waals surface area contributed by atoms with Crippen molar-refractivity contribution in [3.63, 3.8) is 0 Å². The number of fused-ring (bicyclic) bond motifs is 1. The number of piperazine rings is 1. The normalized spacial score (nSPS) is 15.1. The van der Waals surface area contributed by atoms with Gasteiger partial charge in [0.2, 0.25) is 5.91 Å². The number of thiazole rings is 2.